The smallest absolute Gasteiger partial charge is 0.0908 e. The summed E-state index contributed by atoms with van der Waals surface area (Å²) in [4.78, 5) is 0. The number of rotatable bonds is 1. The molecule has 0 bridgehead atoms. The predicted octanol–water partition coefficient (Wildman–Crippen LogP) is 1.23. The van der Waals surface area contributed by atoms with E-state index in [0.717, 1.165) is 4.48 Å². The molecule has 0 aliphatic rings. The third-order valence-corrected chi connectivity index (χ3v) is 0.596. The van der Waals surface area contributed by atoms with Gasteiger partial charge in [-0.15, -0.1) is 0 Å². The van der Waals surface area contributed by atoms with Crippen molar-refractivity contribution >= 4 is 0 Å². The standard InChI is InChI=1S/C6H14N/c1-5-6-7(2,3)4/h5-6H,1-4H3/q+1/b6-5-. The van der Waals surface area contributed by atoms with E-state index in [4.69, 9.17) is 0 Å². The van der Waals surface area contributed by atoms with Crippen LogP contribution in [-0.4, -0.2) is 25.6 Å². The Morgan fingerprint density at radius 1 is 1.14 bits per heavy atom. The Morgan fingerprint density at radius 3 is 1.57 bits per heavy atom. The van der Waals surface area contributed by atoms with E-state index in [-0.39, 0.29) is 0 Å². The Labute approximate surface area is 45.8 Å². The van der Waals surface area contributed by atoms with Crippen LogP contribution in [0.2, 0.25) is 0 Å². The monoisotopic (exact) mass is 100 g/mol. The number of hydrogen-bond donors (Lipinski definition) is 0. The van der Waals surface area contributed by atoms with Crippen molar-refractivity contribution in [3.8, 4) is 0 Å². The Hall–Kier alpha value is -0.300. The van der Waals surface area contributed by atoms with E-state index in [9.17, 15) is 0 Å². The molecule has 0 amide bonds. The third kappa shape index (κ3) is 5.70. The molecule has 0 atom stereocenters. The summed E-state index contributed by atoms with van der Waals surface area (Å²) in [5.74, 6) is 0. The Kier molecular flexibility index (Phi) is 2.03. The maximum Gasteiger partial charge on any atom is 0.0908 e. The number of allylic oxidation sites excluding steroid dienone is 1. The van der Waals surface area contributed by atoms with Gasteiger partial charge in [0.15, 0.2) is 0 Å². The fourth-order valence-electron chi connectivity index (χ4n) is 0.447. The van der Waals surface area contributed by atoms with E-state index in [1.54, 1.807) is 0 Å². The van der Waals surface area contributed by atoms with Crippen LogP contribution < -0.4 is 0 Å². The highest BCUT2D eigenvalue weighted by atomic mass is 15.3. The Bertz CT molecular complexity index is 66.7. The van der Waals surface area contributed by atoms with Crippen LogP contribution in [0.4, 0.5) is 0 Å². The first-order valence-electron chi connectivity index (χ1n) is 2.51. The first kappa shape index (κ1) is 6.70. The lowest BCUT2D eigenvalue weighted by Crippen LogP contribution is -2.26. The number of hydrogen-bond acceptors (Lipinski definition) is 0. The minimum absolute atomic E-state index is 0.913. The van der Waals surface area contributed by atoms with Crippen molar-refractivity contribution in [1.82, 2.24) is 0 Å². The highest BCUT2D eigenvalue weighted by Crippen LogP contribution is 1.88. The van der Waals surface area contributed by atoms with Crippen molar-refractivity contribution in [2.75, 3.05) is 21.1 Å². The highest BCUT2D eigenvalue weighted by Gasteiger charge is 1.95. The molecule has 0 aliphatic heterocycles. The fourth-order valence-corrected chi connectivity index (χ4v) is 0.447. The van der Waals surface area contributed by atoms with Crippen molar-refractivity contribution in [2.45, 2.75) is 6.92 Å². The van der Waals surface area contributed by atoms with Gasteiger partial charge in [-0.1, -0.05) is 0 Å². The van der Waals surface area contributed by atoms with Crippen LogP contribution in [0.5, 0.6) is 0 Å². The normalized spacial score (nSPS) is 13.1. The zero-order valence-corrected chi connectivity index (χ0v) is 5.60. The molecule has 0 N–H and O–H groups in total. The predicted molar refractivity (Wildman–Crippen MR) is 32.8 cm³/mol. The molecule has 7 heavy (non-hydrogen) atoms. The maximum atomic E-state index is 2.12. The van der Waals surface area contributed by atoms with Gasteiger partial charge in [0.25, 0.3) is 0 Å². The molecule has 0 saturated carbocycles. The second-order valence-electron chi connectivity index (χ2n) is 2.60. The van der Waals surface area contributed by atoms with E-state index < -0.39 is 0 Å². The first-order chi connectivity index (χ1) is 3.06. The van der Waals surface area contributed by atoms with Gasteiger partial charge in [0.2, 0.25) is 0 Å². The quantitative estimate of drug-likeness (QED) is 0.435. The summed E-state index contributed by atoms with van der Waals surface area (Å²) in [6, 6.07) is 0. The van der Waals surface area contributed by atoms with Crippen LogP contribution in [0.15, 0.2) is 12.3 Å². The molecule has 0 fully saturated rings. The minimum Gasteiger partial charge on any atom is -0.305 e. The largest absolute Gasteiger partial charge is 0.305 e. The SMILES string of the molecule is C/C=C\[N+](C)(C)C. The van der Waals surface area contributed by atoms with E-state index in [2.05, 4.69) is 33.4 Å². The van der Waals surface area contributed by atoms with Crippen LogP contribution in [0, 0.1) is 0 Å². The summed E-state index contributed by atoms with van der Waals surface area (Å²) in [5, 5.41) is 0. The van der Waals surface area contributed by atoms with Gasteiger partial charge >= 0.3 is 0 Å². The number of nitrogens with zero attached hydrogens (tertiary/aromatic N) is 1. The van der Waals surface area contributed by atoms with Gasteiger partial charge in [-0.05, 0) is 13.0 Å². The van der Waals surface area contributed by atoms with Crippen molar-refractivity contribution in [2.24, 2.45) is 0 Å². The van der Waals surface area contributed by atoms with Crippen LogP contribution in [0.1, 0.15) is 6.92 Å². The first-order valence-corrected chi connectivity index (χ1v) is 2.51. The summed E-state index contributed by atoms with van der Waals surface area (Å²) >= 11 is 0. The van der Waals surface area contributed by atoms with Crippen molar-refractivity contribution in [3.63, 3.8) is 0 Å². The summed E-state index contributed by atoms with van der Waals surface area (Å²) in [6.45, 7) is 2.03. The lowest BCUT2D eigenvalue weighted by Gasteiger charge is -2.16. The Morgan fingerprint density at radius 2 is 1.57 bits per heavy atom. The molecule has 0 aromatic heterocycles. The lowest BCUT2D eigenvalue weighted by atomic mass is 10.6. The van der Waals surface area contributed by atoms with Crippen molar-refractivity contribution < 1.29 is 4.48 Å². The van der Waals surface area contributed by atoms with Crippen molar-refractivity contribution in [3.05, 3.63) is 12.3 Å². The zero-order chi connectivity index (χ0) is 5.91. The topological polar surface area (TPSA) is 0 Å². The van der Waals surface area contributed by atoms with Gasteiger partial charge in [-0.2, -0.15) is 0 Å². The van der Waals surface area contributed by atoms with Gasteiger partial charge in [0, 0.05) is 0 Å². The van der Waals surface area contributed by atoms with Gasteiger partial charge in [-0.25, -0.2) is 0 Å². The average molecular weight is 100 g/mol. The lowest BCUT2D eigenvalue weighted by molar-refractivity contribution is -0.817. The molecular weight excluding hydrogens is 86.1 g/mol. The van der Waals surface area contributed by atoms with E-state index in [1.807, 2.05) is 6.92 Å². The van der Waals surface area contributed by atoms with Crippen LogP contribution >= 0.6 is 0 Å². The van der Waals surface area contributed by atoms with Crippen LogP contribution in [0.25, 0.3) is 0 Å². The fraction of sp³-hybridized carbons (Fsp3) is 0.667. The molecule has 0 aromatic carbocycles. The second-order valence-corrected chi connectivity index (χ2v) is 2.60. The molecule has 0 spiro atoms. The molecular formula is C6H14N+. The molecule has 0 unspecified atom stereocenters. The van der Waals surface area contributed by atoms with Gasteiger partial charge in [-0.3, -0.25) is 0 Å². The summed E-state index contributed by atoms with van der Waals surface area (Å²) in [6.07, 6.45) is 4.18. The molecule has 0 aliphatic carbocycles. The Balaban J connectivity index is 3.56. The van der Waals surface area contributed by atoms with Gasteiger partial charge < -0.3 is 4.48 Å². The molecule has 0 heterocycles. The van der Waals surface area contributed by atoms with E-state index >= 15 is 0 Å². The van der Waals surface area contributed by atoms with Crippen molar-refractivity contribution in [1.29, 1.82) is 0 Å². The molecule has 0 aromatic rings. The van der Waals surface area contributed by atoms with E-state index in [0.29, 0.717) is 0 Å². The van der Waals surface area contributed by atoms with E-state index in [1.165, 1.54) is 0 Å². The maximum absolute atomic E-state index is 2.12. The van der Waals surface area contributed by atoms with Gasteiger partial charge in [0.1, 0.15) is 0 Å². The molecule has 0 radical (unpaired) electrons. The highest BCUT2D eigenvalue weighted by molar-refractivity contribution is 4.64. The zero-order valence-electron chi connectivity index (χ0n) is 5.60. The summed E-state index contributed by atoms with van der Waals surface area (Å²) < 4.78 is 0.913. The number of quaternary nitrogens is 1. The molecule has 42 valence electrons. The molecule has 1 nitrogen and oxygen atoms in total. The molecule has 0 rings (SSSR count). The van der Waals surface area contributed by atoms with Crippen LogP contribution in [-0.2, 0) is 0 Å². The van der Waals surface area contributed by atoms with Crippen LogP contribution in [0.3, 0.4) is 0 Å². The second kappa shape index (κ2) is 2.12. The molecule has 1 heteroatoms. The minimum atomic E-state index is 0.913. The average Bonchev–Trinajstić information content (AvgIpc) is 1.30. The summed E-state index contributed by atoms with van der Waals surface area (Å²) in [5.41, 5.74) is 0. The third-order valence-electron chi connectivity index (χ3n) is 0.596. The molecule has 0 saturated heterocycles. The summed E-state index contributed by atoms with van der Waals surface area (Å²) in [7, 11) is 6.38. The van der Waals surface area contributed by atoms with Gasteiger partial charge in [0.05, 0.1) is 27.3 Å².